The summed E-state index contributed by atoms with van der Waals surface area (Å²) in [6.45, 7) is 2.23. The third kappa shape index (κ3) is 9.86. The van der Waals surface area contributed by atoms with Gasteiger partial charge in [0.15, 0.2) is 0 Å². The number of aliphatic hydroxyl groups is 1. The van der Waals surface area contributed by atoms with E-state index in [1.54, 1.807) is 0 Å². The third-order valence-electron chi connectivity index (χ3n) is 4.58. The molecule has 24 heavy (non-hydrogen) atoms. The number of rotatable bonds is 15. The van der Waals surface area contributed by atoms with E-state index in [1.807, 2.05) is 0 Å². The van der Waals surface area contributed by atoms with Crippen molar-refractivity contribution in [2.45, 2.75) is 103 Å². The fraction of sp³-hybridized carbons (Fsp3) is 0.800. The molecular formula is C20H34O4. The third-order valence-corrected chi connectivity index (χ3v) is 4.58. The van der Waals surface area contributed by atoms with Crippen LogP contribution >= 0.6 is 0 Å². The molecule has 138 valence electrons. The Morgan fingerprint density at radius 3 is 2.04 bits per heavy atom. The quantitative estimate of drug-likeness (QED) is 0.343. The standard InChI is InChI=1S/C20H34O4/c1-2-3-4-5-6-7-11-14-18(21)15-12-9-8-10-13-17-16-19(22)24-20(17)23/h16,20,23H,2-15H2,1H3. The number of esters is 1. The van der Waals surface area contributed by atoms with Gasteiger partial charge >= 0.3 is 5.97 Å². The largest absolute Gasteiger partial charge is 0.429 e. The zero-order valence-corrected chi connectivity index (χ0v) is 15.2. The van der Waals surface area contributed by atoms with E-state index in [9.17, 15) is 14.7 Å². The van der Waals surface area contributed by atoms with Gasteiger partial charge in [0.25, 0.3) is 0 Å². The van der Waals surface area contributed by atoms with Crippen LogP contribution in [0.4, 0.5) is 0 Å². The maximum atomic E-state index is 11.8. The predicted octanol–water partition coefficient (Wildman–Crippen LogP) is 4.84. The van der Waals surface area contributed by atoms with Crippen LogP contribution in [0.15, 0.2) is 11.6 Å². The number of carbonyl (C=O) groups is 2. The van der Waals surface area contributed by atoms with Crippen molar-refractivity contribution in [3.8, 4) is 0 Å². The predicted molar refractivity (Wildman–Crippen MR) is 95.5 cm³/mol. The van der Waals surface area contributed by atoms with Crippen LogP contribution in [0.25, 0.3) is 0 Å². The average molecular weight is 338 g/mol. The van der Waals surface area contributed by atoms with Gasteiger partial charge in [-0.25, -0.2) is 4.79 Å². The molecule has 4 nitrogen and oxygen atoms in total. The molecule has 1 aliphatic rings. The Morgan fingerprint density at radius 1 is 0.958 bits per heavy atom. The molecule has 0 aliphatic carbocycles. The first kappa shape index (κ1) is 20.9. The van der Waals surface area contributed by atoms with Gasteiger partial charge in [-0.2, -0.15) is 0 Å². The molecule has 0 bridgehead atoms. The summed E-state index contributed by atoms with van der Waals surface area (Å²) in [6.07, 6.45) is 15.1. The van der Waals surface area contributed by atoms with Gasteiger partial charge in [0.05, 0.1) is 0 Å². The zero-order valence-electron chi connectivity index (χ0n) is 15.2. The minimum absolute atomic E-state index is 0.400. The first-order chi connectivity index (χ1) is 11.6. The van der Waals surface area contributed by atoms with Crippen molar-refractivity contribution in [1.82, 2.24) is 0 Å². The second-order valence-corrected chi connectivity index (χ2v) is 6.83. The topological polar surface area (TPSA) is 63.6 Å². The molecule has 0 amide bonds. The van der Waals surface area contributed by atoms with Crippen molar-refractivity contribution in [3.63, 3.8) is 0 Å². The Labute approximate surface area is 146 Å². The van der Waals surface area contributed by atoms with E-state index in [-0.39, 0.29) is 0 Å². The van der Waals surface area contributed by atoms with Crippen LogP contribution in [0.1, 0.15) is 96.8 Å². The van der Waals surface area contributed by atoms with E-state index in [2.05, 4.69) is 11.7 Å². The van der Waals surface area contributed by atoms with E-state index >= 15 is 0 Å². The maximum Gasteiger partial charge on any atom is 0.333 e. The Kier molecular flexibility index (Phi) is 11.5. The number of Topliss-reactive ketones (excluding diaryl/α,β-unsaturated/α-hetero) is 1. The molecular weight excluding hydrogens is 304 g/mol. The monoisotopic (exact) mass is 338 g/mol. The van der Waals surface area contributed by atoms with E-state index in [0.717, 1.165) is 38.5 Å². The van der Waals surface area contributed by atoms with Gasteiger partial charge in [0, 0.05) is 24.5 Å². The molecule has 0 saturated carbocycles. The smallest absolute Gasteiger partial charge is 0.333 e. The highest BCUT2D eigenvalue weighted by molar-refractivity contribution is 5.85. The molecule has 0 aromatic rings. The highest BCUT2D eigenvalue weighted by Crippen LogP contribution is 2.20. The molecule has 1 unspecified atom stereocenters. The summed E-state index contributed by atoms with van der Waals surface area (Å²) >= 11 is 0. The molecule has 4 heteroatoms. The lowest BCUT2D eigenvalue weighted by atomic mass is 10.0. The first-order valence-corrected chi connectivity index (χ1v) is 9.74. The van der Waals surface area contributed by atoms with Gasteiger partial charge < -0.3 is 9.84 Å². The van der Waals surface area contributed by atoms with Crippen LogP contribution in [0.5, 0.6) is 0 Å². The number of aliphatic hydroxyl groups excluding tert-OH is 1. The molecule has 0 fully saturated rings. The Balaban J connectivity index is 1.87. The van der Waals surface area contributed by atoms with E-state index in [0.29, 0.717) is 24.2 Å². The average Bonchev–Trinajstić information content (AvgIpc) is 2.87. The van der Waals surface area contributed by atoms with E-state index in [1.165, 1.54) is 44.6 Å². The SMILES string of the molecule is CCCCCCCCCC(=O)CCCCCCC1=CC(=O)OC1O. The van der Waals surface area contributed by atoms with E-state index in [4.69, 9.17) is 0 Å². The van der Waals surface area contributed by atoms with Crippen molar-refractivity contribution >= 4 is 11.8 Å². The van der Waals surface area contributed by atoms with Crippen LogP contribution in [0, 0.1) is 0 Å². The number of ether oxygens (including phenoxy) is 1. The van der Waals surface area contributed by atoms with E-state index < -0.39 is 12.3 Å². The molecule has 1 N–H and O–H groups in total. The summed E-state index contributed by atoms with van der Waals surface area (Å²) < 4.78 is 4.64. The fourth-order valence-corrected chi connectivity index (χ4v) is 3.05. The van der Waals surface area contributed by atoms with Crippen LogP contribution < -0.4 is 0 Å². The molecule has 1 aliphatic heterocycles. The molecule has 1 rings (SSSR count). The summed E-state index contributed by atoms with van der Waals surface area (Å²) in [7, 11) is 0. The summed E-state index contributed by atoms with van der Waals surface area (Å²) in [5.41, 5.74) is 0.676. The summed E-state index contributed by atoms with van der Waals surface area (Å²) in [6, 6.07) is 0. The van der Waals surface area contributed by atoms with Crippen molar-refractivity contribution in [2.24, 2.45) is 0 Å². The van der Waals surface area contributed by atoms with Gasteiger partial charge in [-0.3, -0.25) is 4.79 Å². The minimum atomic E-state index is -1.04. The number of cyclic esters (lactones) is 1. The highest BCUT2D eigenvalue weighted by atomic mass is 16.6. The normalized spacial score (nSPS) is 17.0. The fourth-order valence-electron chi connectivity index (χ4n) is 3.05. The molecule has 0 aromatic carbocycles. The molecule has 1 atom stereocenters. The van der Waals surface area contributed by atoms with Gasteiger partial charge in [-0.15, -0.1) is 0 Å². The van der Waals surface area contributed by atoms with Crippen molar-refractivity contribution < 1.29 is 19.4 Å². The molecule has 1 heterocycles. The summed E-state index contributed by atoms with van der Waals surface area (Å²) in [5, 5.41) is 9.44. The number of hydrogen-bond donors (Lipinski definition) is 1. The number of carbonyl (C=O) groups excluding carboxylic acids is 2. The summed E-state index contributed by atoms with van der Waals surface area (Å²) in [4.78, 5) is 22.8. The minimum Gasteiger partial charge on any atom is -0.429 e. The lowest BCUT2D eigenvalue weighted by Crippen LogP contribution is -2.09. The van der Waals surface area contributed by atoms with Crippen LogP contribution in [0.2, 0.25) is 0 Å². The summed E-state index contributed by atoms with van der Waals surface area (Å²) in [5.74, 6) is -0.0510. The van der Waals surface area contributed by atoms with Crippen LogP contribution in [-0.4, -0.2) is 23.1 Å². The van der Waals surface area contributed by atoms with Gasteiger partial charge in [-0.05, 0) is 25.7 Å². The second kappa shape index (κ2) is 13.2. The maximum absolute atomic E-state index is 11.8. The van der Waals surface area contributed by atoms with Gasteiger partial charge in [0.2, 0.25) is 6.29 Å². The van der Waals surface area contributed by atoms with Crippen molar-refractivity contribution in [1.29, 1.82) is 0 Å². The lowest BCUT2D eigenvalue weighted by Gasteiger charge is -2.07. The molecule has 0 spiro atoms. The molecule has 0 radical (unpaired) electrons. The van der Waals surface area contributed by atoms with Crippen molar-refractivity contribution in [3.05, 3.63) is 11.6 Å². The molecule has 0 saturated heterocycles. The Hall–Kier alpha value is -1.16. The van der Waals surface area contributed by atoms with Crippen molar-refractivity contribution in [2.75, 3.05) is 0 Å². The van der Waals surface area contributed by atoms with Gasteiger partial charge in [-0.1, -0.05) is 58.3 Å². The number of unbranched alkanes of at least 4 members (excludes halogenated alkanes) is 9. The Bertz CT molecular complexity index is 400. The number of hydrogen-bond acceptors (Lipinski definition) is 4. The van der Waals surface area contributed by atoms with Gasteiger partial charge in [0.1, 0.15) is 5.78 Å². The van der Waals surface area contributed by atoms with Crippen LogP contribution in [-0.2, 0) is 14.3 Å². The zero-order chi connectivity index (χ0) is 17.6. The lowest BCUT2D eigenvalue weighted by molar-refractivity contribution is -0.151. The molecule has 0 aromatic heterocycles. The first-order valence-electron chi connectivity index (χ1n) is 9.74. The Morgan fingerprint density at radius 2 is 1.50 bits per heavy atom. The number of ketones is 1. The second-order valence-electron chi connectivity index (χ2n) is 6.83. The highest BCUT2D eigenvalue weighted by Gasteiger charge is 2.22. The van der Waals surface area contributed by atoms with Crippen LogP contribution in [0.3, 0.4) is 0 Å².